The van der Waals surface area contributed by atoms with Crippen LogP contribution in [0.5, 0.6) is 0 Å². The molecule has 1 aliphatic heterocycles. The number of hydrogen-bond acceptors (Lipinski definition) is 2. The molecule has 0 unspecified atom stereocenters. The fraction of sp³-hybridized carbons (Fsp3) is 0.533. The van der Waals surface area contributed by atoms with Crippen LogP contribution in [0.25, 0.3) is 0 Å². The zero-order chi connectivity index (χ0) is 15.5. The number of amides is 1. The number of piperidine rings is 1. The Morgan fingerprint density at radius 2 is 1.90 bits per heavy atom. The van der Waals surface area contributed by atoms with Gasteiger partial charge >= 0.3 is 6.18 Å². The van der Waals surface area contributed by atoms with Gasteiger partial charge in [0.1, 0.15) is 0 Å². The molecule has 1 aromatic carbocycles. The van der Waals surface area contributed by atoms with Crippen molar-refractivity contribution in [3.05, 3.63) is 35.4 Å². The zero-order valence-electron chi connectivity index (χ0n) is 11.9. The lowest BCUT2D eigenvalue weighted by atomic mass is 10.0. The standard InChI is InChI=1S/C15H19F3N2O/c1-11(21)20(13-6-8-19-9-7-13)10-12-4-2-3-5-14(12)15(16,17)18/h2-5,13,19H,6-10H2,1H3. The molecule has 0 spiro atoms. The summed E-state index contributed by atoms with van der Waals surface area (Å²) < 4.78 is 39.1. The summed E-state index contributed by atoms with van der Waals surface area (Å²) in [6.45, 7) is 3.00. The Balaban J connectivity index is 2.23. The maximum atomic E-state index is 13.0. The highest BCUT2D eigenvalue weighted by atomic mass is 19.4. The summed E-state index contributed by atoms with van der Waals surface area (Å²) >= 11 is 0. The lowest BCUT2D eigenvalue weighted by molar-refractivity contribution is -0.140. The van der Waals surface area contributed by atoms with Crippen LogP contribution in [-0.2, 0) is 17.5 Å². The van der Waals surface area contributed by atoms with Crippen LogP contribution in [0.15, 0.2) is 24.3 Å². The van der Waals surface area contributed by atoms with Crippen molar-refractivity contribution < 1.29 is 18.0 Å². The molecule has 0 atom stereocenters. The van der Waals surface area contributed by atoms with E-state index in [1.807, 2.05) is 0 Å². The molecule has 6 heteroatoms. The van der Waals surface area contributed by atoms with E-state index in [4.69, 9.17) is 0 Å². The van der Waals surface area contributed by atoms with E-state index < -0.39 is 11.7 Å². The van der Waals surface area contributed by atoms with Crippen molar-refractivity contribution in [1.29, 1.82) is 0 Å². The number of carbonyl (C=O) groups is 1. The third-order valence-corrected chi connectivity index (χ3v) is 3.82. The van der Waals surface area contributed by atoms with Crippen LogP contribution < -0.4 is 5.32 Å². The minimum Gasteiger partial charge on any atom is -0.336 e. The fourth-order valence-corrected chi connectivity index (χ4v) is 2.73. The van der Waals surface area contributed by atoms with Gasteiger partial charge in [-0.1, -0.05) is 18.2 Å². The minimum atomic E-state index is -4.40. The van der Waals surface area contributed by atoms with Crippen molar-refractivity contribution in [3.8, 4) is 0 Å². The van der Waals surface area contributed by atoms with Crippen LogP contribution in [0, 0.1) is 0 Å². The molecule has 21 heavy (non-hydrogen) atoms. The molecule has 0 bridgehead atoms. The van der Waals surface area contributed by atoms with Crippen molar-refractivity contribution >= 4 is 5.91 Å². The first-order valence-corrected chi connectivity index (χ1v) is 7.02. The third kappa shape index (κ3) is 3.97. The predicted molar refractivity (Wildman–Crippen MR) is 73.6 cm³/mol. The van der Waals surface area contributed by atoms with Crippen molar-refractivity contribution in [2.75, 3.05) is 13.1 Å². The van der Waals surface area contributed by atoms with E-state index in [1.165, 1.54) is 19.1 Å². The molecule has 1 saturated heterocycles. The average Bonchev–Trinajstić information content (AvgIpc) is 2.44. The summed E-state index contributed by atoms with van der Waals surface area (Å²) in [4.78, 5) is 13.4. The summed E-state index contributed by atoms with van der Waals surface area (Å²) in [5.74, 6) is -0.182. The van der Waals surface area contributed by atoms with E-state index in [2.05, 4.69) is 5.32 Å². The SMILES string of the molecule is CC(=O)N(Cc1ccccc1C(F)(F)F)C1CCNCC1. The van der Waals surface area contributed by atoms with Crippen molar-refractivity contribution in [2.24, 2.45) is 0 Å². The van der Waals surface area contributed by atoms with Crippen molar-refractivity contribution in [1.82, 2.24) is 10.2 Å². The molecule has 3 nitrogen and oxygen atoms in total. The second kappa shape index (κ2) is 6.47. The highest BCUT2D eigenvalue weighted by molar-refractivity contribution is 5.73. The van der Waals surface area contributed by atoms with Crippen LogP contribution in [0.3, 0.4) is 0 Å². The van der Waals surface area contributed by atoms with E-state index >= 15 is 0 Å². The number of halogens is 3. The number of carbonyl (C=O) groups excluding carboxylic acids is 1. The molecule has 2 rings (SSSR count). The molecule has 1 fully saturated rings. The Kier molecular flexibility index (Phi) is 4.88. The topological polar surface area (TPSA) is 32.3 Å². The molecule has 1 aromatic rings. The first kappa shape index (κ1) is 15.8. The van der Waals surface area contributed by atoms with E-state index in [0.29, 0.717) is 0 Å². The van der Waals surface area contributed by atoms with Gasteiger partial charge in [-0.2, -0.15) is 13.2 Å². The fourth-order valence-electron chi connectivity index (χ4n) is 2.73. The molecular formula is C15H19F3N2O. The van der Waals surface area contributed by atoms with E-state index in [-0.39, 0.29) is 24.1 Å². The summed E-state index contributed by atoms with van der Waals surface area (Å²) in [7, 11) is 0. The highest BCUT2D eigenvalue weighted by Crippen LogP contribution is 2.32. The predicted octanol–water partition coefficient (Wildman–Crippen LogP) is 2.81. The van der Waals surface area contributed by atoms with Gasteiger partial charge in [0.2, 0.25) is 5.91 Å². The maximum absolute atomic E-state index is 13.0. The molecule has 1 N–H and O–H groups in total. The average molecular weight is 300 g/mol. The lowest BCUT2D eigenvalue weighted by Crippen LogP contribution is -2.45. The minimum absolute atomic E-state index is 0.00467. The van der Waals surface area contributed by atoms with Crippen LogP contribution in [0.1, 0.15) is 30.9 Å². The Morgan fingerprint density at radius 3 is 2.48 bits per heavy atom. The van der Waals surface area contributed by atoms with Gasteiger partial charge in [0, 0.05) is 19.5 Å². The third-order valence-electron chi connectivity index (χ3n) is 3.82. The largest absolute Gasteiger partial charge is 0.416 e. The van der Waals surface area contributed by atoms with Gasteiger partial charge in [-0.15, -0.1) is 0 Å². The van der Waals surface area contributed by atoms with E-state index in [9.17, 15) is 18.0 Å². The molecule has 0 radical (unpaired) electrons. The summed E-state index contributed by atoms with van der Waals surface area (Å²) in [5, 5.41) is 3.19. The molecule has 1 heterocycles. The first-order chi connectivity index (χ1) is 9.89. The molecule has 116 valence electrons. The van der Waals surface area contributed by atoms with Gasteiger partial charge in [-0.3, -0.25) is 4.79 Å². The van der Waals surface area contributed by atoms with Gasteiger partial charge in [0.05, 0.1) is 5.56 Å². The summed E-state index contributed by atoms with van der Waals surface area (Å²) in [6, 6.07) is 5.46. The molecule has 1 aliphatic rings. The molecule has 0 aliphatic carbocycles. The Hall–Kier alpha value is -1.56. The van der Waals surface area contributed by atoms with Crippen LogP contribution in [0.2, 0.25) is 0 Å². The smallest absolute Gasteiger partial charge is 0.336 e. The number of alkyl halides is 3. The van der Waals surface area contributed by atoms with E-state index in [1.54, 1.807) is 11.0 Å². The van der Waals surface area contributed by atoms with Gasteiger partial charge in [0.25, 0.3) is 0 Å². The number of nitrogens with one attached hydrogen (secondary N) is 1. The quantitative estimate of drug-likeness (QED) is 0.931. The summed E-state index contributed by atoms with van der Waals surface area (Å²) in [6.07, 6.45) is -2.85. The number of rotatable bonds is 3. The highest BCUT2D eigenvalue weighted by Gasteiger charge is 2.34. The second-order valence-electron chi connectivity index (χ2n) is 5.28. The van der Waals surface area contributed by atoms with Gasteiger partial charge in [-0.05, 0) is 37.6 Å². The Morgan fingerprint density at radius 1 is 1.29 bits per heavy atom. The normalized spacial score (nSPS) is 16.8. The van der Waals surface area contributed by atoms with Gasteiger partial charge < -0.3 is 10.2 Å². The van der Waals surface area contributed by atoms with Crippen LogP contribution >= 0.6 is 0 Å². The monoisotopic (exact) mass is 300 g/mol. The molecular weight excluding hydrogens is 281 g/mol. The zero-order valence-corrected chi connectivity index (χ0v) is 11.9. The lowest BCUT2D eigenvalue weighted by Gasteiger charge is -2.34. The maximum Gasteiger partial charge on any atom is 0.416 e. The molecule has 0 aromatic heterocycles. The number of nitrogens with zero attached hydrogens (tertiary/aromatic N) is 1. The summed E-state index contributed by atoms with van der Waals surface area (Å²) in [5.41, 5.74) is -0.510. The Labute approximate surface area is 122 Å². The van der Waals surface area contributed by atoms with Gasteiger partial charge in [-0.25, -0.2) is 0 Å². The first-order valence-electron chi connectivity index (χ1n) is 7.02. The second-order valence-corrected chi connectivity index (χ2v) is 5.28. The van der Waals surface area contributed by atoms with Crippen molar-refractivity contribution in [3.63, 3.8) is 0 Å². The van der Waals surface area contributed by atoms with Gasteiger partial charge in [0.15, 0.2) is 0 Å². The van der Waals surface area contributed by atoms with E-state index in [0.717, 1.165) is 32.0 Å². The van der Waals surface area contributed by atoms with Crippen molar-refractivity contribution in [2.45, 2.75) is 38.5 Å². The van der Waals surface area contributed by atoms with Crippen LogP contribution in [0.4, 0.5) is 13.2 Å². The molecule has 1 amide bonds. The Bertz CT molecular complexity index is 496. The van der Waals surface area contributed by atoms with Crippen LogP contribution in [-0.4, -0.2) is 29.9 Å². The molecule has 0 saturated carbocycles. The number of hydrogen-bond donors (Lipinski definition) is 1. The number of benzene rings is 1.